The third-order valence-corrected chi connectivity index (χ3v) is 4.59. The van der Waals surface area contributed by atoms with E-state index in [4.69, 9.17) is 4.74 Å². The molecule has 3 aromatic rings. The van der Waals surface area contributed by atoms with Crippen LogP contribution >= 0.6 is 0 Å². The monoisotopic (exact) mass is 406 g/mol. The quantitative estimate of drug-likeness (QED) is 0.590. The van der Waals surface area contributed by atoms with Crippen molar-refractivity contribution >= 4 is 11.8 Å². The zero-order chi connectivity index (χ0) is 21.5. The number of aryl methyl sites for hydroxylation is 1. The van der Waals surface area contributed by atoms with Gasteiger partial charge in [0.2, 0.25) is 0 Å². The van der Waals surface area contributed by atoms with Crippen LogP contribution in [-0.4, -0.2) is 28.2 Å². The molecule has 0 aliphatic rings. The molecule has 0 fully saturated rings. The average molecular weight is 406 g/mol. The van der Waals surface area contributed by atoms with E-state index in [1.165, 1.54) is 0 Å². The summed E-state index contributed by atoms with van der Waals surface area (Å²) in [5.41, 5.74) is 8.36. The number of benzene rings is 2. The van der Waals surface area contributed by atoms with Crippen molar-refractivity contribution in [2.45, 2.75) is 33.2 Å². The SMILES string of the molecule is Cc1ccc(C(C)C)c(OCC(=O)NNC(=O)c2ccc(Cn3cccn3)cc2)c1. The Morgan fingerprint density at radius 3 is 2.53 bits per heavy atom. The van der Waals surface area contributed by atoms with E-state index >= 15 is 0 Å². The number of amides is 2. The first-order chi connectivity index (χ1) is 14.4. The van der Waals surface area contributed by atoms with Gasteiger partial charge in [0.05, 0.1) is 6.54 Å². The highest BCUT2D eigenvalue weighted by Crippen LogP contribution is 2.27. The highest BCUT2D eigenvalue weighted by atomic mass is 16.5. The van der Waals surface area contributed by atoms with Gasteiger partial charge in [0, 0.05) is 18.0 Å². The first kappa shape index (κ1) is 21.1. The molecule has 3 rings (SSSR count). The molecule has 0 aliphatic heterocycles. The normalized spacial score (nSPS) is 10.7. The van der Waals surface area contributed by atoms with Gasteiger partial charge in [-0.2, -0.15) is 5.10 Å². The summed E-state index contributed by atoms with van der Waals surface area (Å²) in [7, 11) is 0. The lowest BCUT2D eigenvalue weighted by Crippen LogP contribution is -2.43. The van der Waals surface area contributed by atoms with Crippen molar-refractivity contribution in [1.82, 2.24) is 20.6 Å². The number of rotatable bonds is 7. The van der Waals surface area contributed by atoms with Crippen molar-refractivity contribution < 1.29 is 14.3 Å². The smallest absolute Gasteiger partial charge is 0.276 e. The van der Waals surface area contributed by atoms with Crippen LogP contribution in [0, 0.1) is 6.92 Å². The number of carbonyl (C=O) groups is 2. The lowest BCUT2D eigenvalue weighted by molar-refractivity contribution is -0.123. The maximum absolute atomic E-state index is 12.3. The first-order valence-electron chi connectivity index (χ1n) is 9.81. The van der Waals surface area contributed by atoms with Gasteiger partial charge < -0.3 is 4.74 Å². The van der Waals surface area contributed by atoms with Crippen LogP contribution < -0.4 is 15.6 Å². The molecule has 0 aliphatic carbocycles. The molecule has 7 nitrogen and oxygen atoms in total. The molecule has 1 heterocycles. The van der Waals surface area contributed by atoms with E-state index in [9.17, 15) is 9.59 Å². The van der Waals surface area contributed by atoms with Gasteiger partial charge in [-0.15, -0.1) is 0 Å². The number of hydrogen-bond acceptors (Lipinski definition) is 4. The van der Waals surface area contributed by atoms with Gasteiger partial charge in [0.15, 0.2) is 6.61 Å². The molecule has 0 unspecified atom stereocenters. The van der Waals surface area contributed by atoms with Crippen LogP contribution in [0.5, 0.6) is 5.75 Å². The van der Waals surface area contributed by atoms with Crippen molar-refractivity contribution in [3.05, 3.63) is 83.2 Å². The van der Waals surface area contributed by atoms with E-state index in [1.807, 2.05) is 49.5 Å². The molecule has 2 N–H and O–H groups in total. The Hall–Kier alpha value is -3.61. The summed E-state index contributed by atoms with van der Waals surface area (Å²) in [6.07, 6.45) is 3.59. The van der Waals surface area contributed by atoms with E-state index < -0.39 is 11.8 Å². The van der Waals surface area contributed by atoms with Crippen molar-refractivity contribution in [2.75, 3.05) is 6.61 Å². The molecule has 7 heteroatoms. The molecular formula is C23H26N4O3. The maximum atomic E-state index is 12.3. The summed E-state index contributed by atoms with van der Waals surface area (Å²) in [5.74, 6) is 0.126. The number of nitrogens with one attached hydrogen (secondary N) is 2. The molecule has 0 radical (unpaired) electrons. The third kappa shape index (κ3) is 5.70. The minimum absolute atomic E-state index is 0.188. The number of carbonyl (C=O) groups excluding carboxylic acids is 2. The van der Waals surface area contributed by atoms with E-state index in [1.54, 1.807) is 23.0 Å². The topological polar surface area (TPSA) is 85.3 Å². The van der Waals surface area contributed by atoms with Gasteiger partial charge in [-0.05, 0) is 53.8 Å². The maximum Gasteiger partial charge on any atom is 0.276 e. The van der Waals surface area contributed by atoms with Crippen LogP contribution in [0.4, 0.5) is 0 Å². The van der Waals surface area contributed by atoms with Gasteiger partial charge in [0.1, 0.15) is 5.75 Å². The molecule has 0 bridgehead atoms. The minimum Gasteiger partial charge on any atom is -0.483 e. The molecule has 30 heavy (non-hydrogen) atoms. The highest BCUT2D eigenvalue weighted by Gasteiger charge is 2.12. The van der Waals surface area contributed by atoms with Crippen molar-refractivity contribution in [2.24, 2.45) is 0 Å². The Bertz CT molecular complexity index is 996. The second-order valence-electron chi connectivity index (χ2n) is 7.39. The number of ether oxygens (including phenoxy) is 1. The molecule has 0 saturated carbocycles. The lowest BCUT2D eigenvalue weighted by atomic mass is 10.0. The van der Waals surface area contributed by atoms with Crippen LogP contribution in [0.25, 0.3) is 0 Å². The molecule has 0 saturated heterocycles. The average Bonchev–Trinajstić information content (AvgIpc) is 3.24. The van der Waals surface area contributed by atoms with Crippen LogP contribution in [0.2, 0.25) is 0 Å². The van der Waals surface area contributed by atoms with E-state index in [0.29, 0.717) is 17.9 Å². The third-order valence-electron chi connectivity index (χ3n) is 4.59. The summed E-state index contributed by atoms with van der Waals surface area (Å²) >= 11 is 0. The molecule has 0 spiro atoms. The van der Waals surface area contributed by atoms with Gasteiger partial charge >= 0.3 is 0 Å². The fraction of sp³-hybridized carbons (Fsp3) is 0.261. The Kier molecular flexibility index (Phi) is 6.85. The molecule has 1 aromatic heterocycles. The predicted molar refractivity (Wildman–Crippen MR) is 114 cm³/mol. The van der Waals surface area contributed by atoms with Crippen LogP contribution in [0.15, 0.2) is 60.9 Å². The summed E-state index contributed by atoms with van der Waals surface area (Å²) in [4.78, 5) is 24.3. The summed E-state index contributed by atoms with van der Waals surface area (Å²) in [6, 6.07) is 14.9. The molecule has 2 aromatic carbocycles. The number of aromatic nitrogens is 2. The molecular weight excluding hydrogens is 380 g/mol. The fourth-order valence-corrected chi connectivity index (χ4v) is 2.96. The fourth-order valence-electron chi connectivity index (χ4n) is 2.96. The van der Waals surface area contributed by atoms with Gasteiger partial charge in [-0.3, -0.25) is 25.1 Å². The van der Waals surface area contributed by atoms with Crippen LogP contribution in [0.1, 0.15) is 46.8 Å². The van der Waals surface area contributed by atoms with Crippen LogP contribution in [0.3, 0.4) is 0 Å². The molecule has 0 atom stereocenters. The Labute approximate surface area is 176 Å². The second kappa shape index (κ2) is 9.73. The predicted octanol–water partition coefficient (Wildman–Crippen LogP) is 3.20. The first-order valence-corrected chi connectivity index (χ1v) is 9.81. The summed E-state index contributed by atoms with van der Waals surface area (Å²) in [5, 5.41) is 4.15. The van der Waals surface area contributed by atoms with Crippen molar-refractivity contribution in [3.8, 4) is 5.75 Å². The number of nitrogens with zero attached hydrogens (tertiary/aromatic N) is 2. The zero-order valence-electron chi connectivity index (χ0n) is 17.4. The largest absolute Gasteiger partial charge is 0.483 e. The highest BCUT2D eigenvalue weighted by molar-refractivity contribution is 5.95. The van der Waals surface area contributed by atoms with Gasteiger partial charge in [0.25, 0.3) is 11.8 Å². The summed E-state index contributed by atoms with van der Waals surface area (Å²) < 4.78 is 7.47. The Balaban J connectivity index is 1.49. The van der Waals surface area contributed by atoms with E-state index in [-0.39, 0.29) is 12.5 Å². The molecule has 2 amide bonds. The van der Waals surface area contributed by atoms with E-state index in [0.717, 1.165) is 16.7 Å². The minimum atomic E-state index is -0.435. The lowest BCUT2D eigenvalue weighted by Gasteiger charge is -2.15. The molecule has 156 valence electrons. The Morgan fingerprint density at radius 2 is 1.87 bits per heavy atom. The van der Waals surface area contributed by atoms with Gasteiger partial charge in [-0.1, -0.05) is 38.1 Å². The van der Waals surface area contributed by atoms with E-state index in [2.05, 4.69) is 29.8 Å². The second-order valence-corrected chi connectivity index (χ2v) is 7.39. The number of hydrogen-bond donors (Lipinski definition) is 2. The van der Waals surface area contributed by atoms with Gasteiger partial charge in [-0.25, -0.2) is 0 Å². The van der Waals surface area contributed by atoms with Crippen LogP contribution in [-0.2, 0) is 11.3 Å². The Morgan fingerprint density at radius 1 is 1.10 bits per heavy atom. The summed E-state index contributed by atoms with van der Waals surface area (Å²) in [6.45, 7) is 6.54. The van der Waals surface area contributed by atoms with Crippen molar-refractivity contribution in [3.63, 3.8) is 0 Å². The number of hydrazine groups is 1. The zero-order valence-corrected chi connectivity index (χ0v) is 17.4. The van der Waals surface area contributed by atoms with Crippen molar-refractivity contribution in [1.29, 1.82) is 0 Å². The standard InChI is InChI=1S/C23H26N4O3/c1-16(2)20-10-5-17(3)13-21(20)30-15-22(28)25-26-23(29)19-8-6-18(7-9-19)14-27-12-4-11-24-27/h4-13,16H,14-15H2,1-3H3,(H,25,28)(H,26,29).